The average molecular weight is 274 g/mol. The summed E-state index contributed by atoms with van der Waals surface area (Å²) in [6.07, 6.45) is 1.98. The Labute approximate surface area is 121 Å². The molecule has 0 saturated carbocycles. The number of carbonyl (C=O) groups excluding carboxylic acids is 1. The maximum Gasteiger partial charge on any atom is 0.333 e. The SMILES string of the molecule is C=C.C=C(C)C(=O)OCC1CO1.C=Cc1ccccc1. The molecule has 1 atom stereocenters. The molecule has 0 aliphatic carbocycles. The minimum atomic E-state index is -0.337. The van der Waals surface area contributed by atoms with Crippen molar-refractivity contribution < 1.29 is 14.3 Å². The molecule has 3 heteroatoms. The van der Waals surface area contributed by atoms with Crippen molar-refractivity contribution in [3.63, 3.8) is 0 Å². The molecule has 1 aliphatic rings. The van der Waals surface area contributed by atoms with Crippen LogP contribution in [0.4, 0.5) is 0 Å². The van der Waals surface area contributed by atoms with Gasteiger partial charge in [0, 0.05) is 5.57 Å². The number of hydrogen-bond acceptors (Lipinski definition) is 3. The molecule has 1 aromatic rings. The van der Waals surface area contributed by atoms with E-state index in [1.807, 2.05) is 36.4 Å². The molecule has 0 amide bonds. The molecule has 0 spiro atoms. The molecule has 0 bridgehead atoms. The molecule has 2 rings (SSSR count). The number of carbonyl (C=O) groups is 1. The van der Waals surface area contributed by atoms with Crippen LogP contribution in [0.25, 0.3) is 6.08 Å². The Kier molecular flexibility index (Phi) is 9.62. The van der Waals surface area contributed by atoms with E-state index in [9.17, 15) is 4.79 Å². The van der Waals surface area contributed by atoms with E-state index in [1.54, 1.807) is 6.92 Å². The molecule has 1 saturated heterocycles. The van der Waals surface area contributed by atoms with Crippen LogP contribution < -0.4 is 0 Å². The van der Waals surface area contributed by atoms with E-state index in [-0.39, 0.29) is 12.1 Å². The Balaban J connectivity index is 0.000000327. The van der Waals surface area contributed by atoms with Gasteiger partial charge in [-0.25, -0.2) is 4.79 Å². The Morgan fingerprint density at radius 2 is 1.95 bits per heavy atom. The summed E-state index contributed by atoms with van der Waals surface area (Å²) in [5.74, 6) is -0.337. The highest BCUT2D eigenvalue weighted by Gasteiger charge is 2.24. The molecule has 3 nitrogen and oxygen atoms in total. The van der Waals surface area contributed by atoms with Gasteiger partial charge in [0.25, 0.3) is 0 Å². The molecule has 1 heterocycles. The second-order valence-electron chi connectivity index (χ2n) is 3.95. The van der Waals surface area contributed by atoms with Gasteiger partial charge in [-0.2, -0.15) is 0 Å². The van der Waals surface area contributed by atoms with Crippen molar-refractivity contribution in [3.05, 3.63) is 67.8 Å². The normalized spacial score (nSPS) is 14.6. The summed E-state index contributed by atoms with van der Waals surface area (Å²) in [5.41, 5.74) is 1.60. The lowest BCUT2D eigenvalue weighted by Crippen LogP contribution is -2.09. The van der Waals surface area contributed by atoms with E-state index in [0.717, 1.165) is 0 Å². The number of epoxide rings is 1. The third-order valence-electron chi connectivity index (χ3n) is 2.19. The quantitative estimate of drug-likeness (QED) is 0.364. The monoisotopic (exact) mass is 274 g/mol. The molecule has 0 N–H and O–H groups in total. The molecule has 20 heavy (non-hydrogen) atoms. The van der Waals surface area contributed by atoms with Crippen LogP contribution in [0.5, 0.6) is 0 Å². The summed E-state index contributed by atoms with van der Waals surface area (Å²) in [5, 5.41) is 0. The van der Waals surface area contributed by atoms with Gasteiger partial charge in [0.2, 0.25) is 0 Å². The van der Waals surface area contributed by atoms with Gasteiger partial charge < -0.3 is 9.47 Å². The number of hydrogen-bond donors (Lipinski definition) is 0. The second kappa shape index (κ2) is 10.8. The van der Waals surface area contributed by atoms with Crippen molar-refractivity contribution in [2.24, 2.45) is 0 Å². The zero-order valence-corrected chi connectivity index (χ0v) is 12.0. The highest BCUT2D eigenvalue weighted by atomic mass is 16.6. The van der Waals surface area contributed by atoms with Crippen molar-refractivity contribution in [3.8, 4) is 0 Å². The van der Waals surface area contributed by atoms with Crippen molar-refractivity contribution in [1.82, 2.24) is 0 Å². The van der Waals surface area contributed by atoms with Gasteiger partial charge in [-0.1, -0.05) is 49.6 Å². The smallest absolute Gasteiger partial charge is 0.333 e. The highest BCUT2D eigenvalue weighted by Crippen LogP contribution is 2.09. The van der Waals surface area contributed by atoms with Crippen molar-refractivity contribution >= 4 is 12.0 Å². The second-order valence-corrected chi connectivity index (χ2v) is 3.95. The van der Waals surface area contributed by atoms with Gasteiger partial charge in [-0.3, -0.25) is 0 Å². The summed E-state index contributed by atoms with van der Waals surface area (Å²) < 4.78 is 9.60. The van der Waals surface area contributed by atoms with Gasteiger partial charge in [-0.05, 0) is 12.5 Å². The molecule has 1 unspecified atom stereocenters. The van der Waals surface area contributed by atoms with Gasteiger partial charge in [-0.15, -0.1) is 13.2 Å². The zero-order valence-electron chi connectivity index (χ0n) is 12.0. The first-order chi connectivity index (χ1) is 9.63. The fraction of sp³-hybridized carbons (Fsp3) is 0.235. The molecule has 108 valence electrons. The summed E-state index contributed by atoms with van der Waals surface area (Å²) >= 11 is 0. The van der Waals surface area contributed by atoms with E-state index < -0.39 is 0 Å². The highest BCUT2D eigenvalue weighted by molar-refractivity contribution is 5.86. The fourth-order valence-electron chi connectivity index (χ4n) is 1.05. The van der Waals surface area contributed by atoms with E-state index in [2.05, 4.69) is 26.3 Å². The topological polar surface area (TPSA) is 38.8 Å². The van der Waals surface area contributed by atoms with Crippen LogP contribution in [0.2, 0.25) is 0 Å². The van der Waals surface area contributed by atoms with Crippen LogP contribution in [0.3, 0.4) is 0 Å². The number of ether oxygens (including phenoxy) is 2. The first-order valence-electron chi connectivity index (χ1n) is 6.25. The molecule has 0 radical (unpaired) electrons. The number of esters is 1. The first kappa shape index (κ1) is 17.9. The maximum atomic E-state index is 10.7. The van der Waals surface area contributed by atoms with Crippen LogP contribution in [0.15, 0.2) is 62.2 Å². The van der Waals surface area contributed by atoms with Crippen LogP contribution in [0.1, 0.15) is 12.5 Å². The molecule has 1 aliphatic heterocycles. The lowest BCUT2D eigenvalue weighted by atomic mass is 10.2. The molecule has 1 aromatic carbocycles. The summed E-state index contributed by atoms with van der Waals surface area (Å²) in [6, 6.07) is 10.0. The number of benzene rings is 1. The molecular weight excluding hydrogens is 252 g/mol. The third-order valence-corrected chi connectivity index (χ3v) is 2.19. The molecular formula is C17H22O3. The van der Waals surface area contributed by atoms with E-state index in [4.69, 9.17) is 9.47 Å². The predicted octanol–water partition coefficient (Wildman–Crippen LogP) is 3.64. The van der Waals surface area contributed by atoms with E-state index >= 15 is 0 Å². The number of rotatable bonds is 4. The minimum absolute atomic E-state index is 0.142. The zero-order chi connectivity index (χ0) is 15.4. The largest absolute Gasteiger partial charge is 0.459 e. The van der Waals surface area contributed by atoms with Crippen LogP contribution >= 0.6 is 0 Å². The molecule has 0 aromatic heterocycles. The van der Waals surface area contributed by atoms with Crippen LogP contribution in [-0.4, -0.2) is 25.3 Å². The Morgan fingerprint density at radius 3 is 2.30 bits per heavy atom. The van der Waals surface area contributed by atoms with E-state index in [1.165, 1.54) is 5.56 Å². The Bertz CT molecular complexity index is 419. The predicted molar refractivity (Wildman–Crippen MR) is 83.3 cm³/mol. The lowest BCUT2D eigenvalue weighted by molar-refractivity contribution is -0.139. The van der Waals surface area contributed by atoms with Gasteiger partial charge >= 0.3 is 5.97 Å². The van der Waals surface area contributed by atoms with Crippen molar-refractivity contribution in [2.45, 2.75) is 13.0 Å². The van der Waals surface area contributed by atoms with Gasteiger partial charge in [0.05, 0.1) is 6.61 Å². The average Bonchev–Trinajstić information content (AvgIpc) is 3.32. The Hall–Kier alpha value is -2.13. The van der Waals surface area contributed by atoms with Gasteiger partial charge in [0.1, 0.15) is 12.7 Å². The fourth-order valence-corrected chi connectivity index (χ4v) is 1.05. The summed E-state index contributed by atoms with van der Waals surface area (Å²) in [7, 11) is 0. The van der Waals surface area contributed by atoms with Crippen molar-refractivity contribution in [1.29, 1.82) is 0 Å². The first-order valence-corrected chi connectivity index (χ1v) is 6.25. The van der Waals surface area contributed by atoms with Crippen molar-refractivity contribution in [2.75, 3.05) is 13.2 Å². The third kappa shape index (κ3) is 8.89. The van der Waals surface area contributed by atoms with Crippen LogP contribution in [0, 0.1) is 0 Å². The Morgan fingerprint density at radius 1 is 1.40 bits per heavy atom. The van der Waals surface area contributed by atoms with Gasteiger partial charge in [0.15, 0.2) is 0 Å². The lowest BCUT2D eigenvalue weighted by Gasteiger charge is -1.99. The summed E-state index contributed by atoms with van der Waals surface area (Å²) in [4.78, 5) is 10.7. The van der Waals surface area contributed by atoms with E-state index in [0.29, 0.717) is 18.8 Å². The maximum absolute atomic E-state index is 10.7. The standard InChI is InChI=1S/C8H8.C7H10O3.C2H4/c1-2-8-6-4-3-5-7-8;1-5(2)7(8)10-4-6-3-9-6;1-2/h2-7H,1H2;6H,1,3-4H2,2H3;1-2H2. The van der Waals surface area contributed by atoms with Crippen LogP contribution in [-0.2, 0) is 14.3 Å². The minimum Gasteiger partial charge on any atom is -0.459 e. The molecule has 1 fully saturated rings. The summed E-state index contributed by atoms with van der Waals surface area (Å²) in [6.45, 7) is 15.8.